The maximum absolute atomic E-state index is 11.9. The van der Waals surface area contributed by atoms with Gasteiger partial charge in [-0.15, -0.1) is 0 Å². The number of methoxy groups -OCH3 is 1. The number of carbonyl (C=O) groups excluding carboxylic acids is 1. The number of likely N-dealkylation sites (tertiary alicyclic amines) is 1. The van der Waals surface area contributed by atoms with Crippen LogP contribution in [-0.4, -0.2) is 51.7 Å². The van der Waals surface area contributed by atoms with Crippen molar-refractivity contribution in [2.45, 2.75) is 25.1 Å². The normalized spacial score (nSPS) is 20.1. The molecule has 1 saturated heterocycles. The zero-order valence-corrected chi connectivity index (χ0v) is 15.1. The molecule has 1 N–H and O–H groups in total. The first-order valence-corrected chi connectivity index (χ1v) is 8.94. The molecule has 0 saturated carbocycles. The molecule has 0 aliphatic carbocycles. The molecule has 0 amide bonds. The Morgan fingerprint density at radius 3 is 2.67 bits per heavy atom. The molecule has 6 heteroatoms. The molecule has 1 fully saturated rings. The summed E-state index contributed by atoms with van der Waals surface area (Å²) in [6.45, 7) is 0.932. The monoisotopic (exact) mass is 363 g/mol. The second kappa shape index (κ2) is 7.42. The van der Waals surface area contributed by atoms with Gasteiger partial charge in [-0.25, -0.2) is 9.97 Å². The number of carbonyl (C=O) groups is 1. The summed E-state index contributed by atoms with van der Waals surface area (Å²) in [6, 6.07) is 13.9. The van der Waals surface area contributed by atoms with Crippen LogP contribution in [0.5, 0.6) is 0 Å². The van der Waals surface area contributed by atoms with Gasteiger partial charge in [-0.1, -0.05) is 36.4 Å². The average Bonchev–Trinajstić information content (AvgIpc) is 3.07. The maximum atomic E-state index is 11.9. The Hall–Kier alpha value is -2.83. The Morgan fingerprint density at radius 1 is 1.19 bits per heavy atom. The molecule has 2 heterocycles. The van der Waals surface area contributed by atoms with E-state index in [1.807, 2.05) is 23.1 Å². The van der Waals surface area contributed by atoms with Gasteiger partial charge in [-0.2, -0.15) is 0 Å². The number of fused-ring (bicyclic) bond motifs is 1. The Bertz CT molecular complexity index is 958. The van der Waals surface area contributed by atoms with Gasteiger partial charge in [0.25, 0.3) is 0 Å². The minimum atomic E-state index is -0.521. The number of rotatable bonds is 4. The Balaban J connectivity index is 1.52. The van der Waals surface area contributed by atoms with Crippen molar-refractivity contribution in [2.24, 2.45) is 0 Å². The molecule has 2 aromatic carbocycles. The molecule has 0 radical (unpaired) electrons. The molecule has 4 rings (SSSR count). The second-order valence-electron chi connectivity index (χ2n) is 6.83. The molecule has 138 valence electrons. The van der Waals surface area contributed by atoms with E-state index in [2.05, 4.69) is 34.2 Å². The number of β-amino-alcohol motifs (C(OH)–C–C–N with tert-alkyl or cyclic N) is 1. The Morgan fingerprint density at radius 2 is 1.93 bits per heavy atom. The summed E-state index contributed by atoms with van der Waals surface area (Å²) in [5, 5.41) is 12.2. The molecular formula is C21H21N3O3. The van der Waals surface area contributed by atoms with Gasteiger partial charge in [0.05, 0.1) is 13.2 Å². The van der Waals surface area contributed by atoms with Crippen LogP contribution in [-0.2, 0) is 16.1 Å². The van der Waals surface area contributed by atoms with E-state index < -0.39 is 12.1 Å². The van der Waals surface area contributed by atoms with Gasteiger partial charge >= 0.3 is 5.97 Å². The van der Waals surface area contributed by atoms with Crippen molar-refractivity contribution in [1.82, 2.24) is 14.9 Å². The minimum Gasteiger partial charge on any atom is -0.468 e. The third-order valence-electron chi connectivity index (χ3n) is 4.95. The summed E-state index contributed by atoms with van der Waals surface area (Å²) < 4.78 is 4.84. The number of nitrogens with zero attached hydrogens (tertiary/aromatic N) is 3. The molecule has 0 bridgehead atoms. The zero-order chi connectivity index (χ0) is 18.8. The molecule has 1 aliphatic heterocycles. The first-order chi connectivity index (χ1) is 13.1. The first-order valence-electron chi connectivity index (χ1n) is 8.94. The van der Waals surface area contributed by atoms with E-state index >= 15 is 0 Å². The third kappa shape index (κ3) is 3.67. The second-order valence-corrected chi connectivity index (χ2v) is 6.83. The molecule has 3 aromatic rings. The topological polar surface area (TPSA) is 75.6 Å². The summed E-state index contributed by atoms with van der Waals surface area (Å²) in [5.41, 5.74) is 1.85. The number of aromatic nitrogens is 2. The van der Waals surface area contributed by atoms with Gasteiger partial charge in [0.2, 0.25) is 0 Å². The maximum Gasteiger partial charge on any atom is 0.323 e. The van der Waals surface area contributed by atoms with Crippen molar-refractivity contribution in [3.8, 4) is 11.4 Å². The molecule has 6 nitrogen and oxygen atoms in total. The van der Waals surface area contributed by atoms with E-state index in [0.717, 1.165) is 16.5 Å². The van der Waals surface area contributed by atoms with Gasteiger partial charge in [-0.05, 0) is 16.8 Å². The van der Waals surface area contributed by atoms with Crippen LogP contribution >= 0.6 is 0 Å². The molecule has 0 unspecified atom stereocenters. The summed E-state index contributed by atoms with van der Waals surface area (Å²) in [5.74, 6) is 0.343. The van der Waals surface area contributed by atoms with Crippen LogP contribution in [0, 0.1) is 0 Å². The number of hydrogen-bond donors (Lipinski definition) is 1. The fourth-order valence-electron chi connectivity index (χ4n) is 3.58. The largest absolute Gasteiger partial charge is 0.468 e. The fraction of sp³-hybridized carbons (Fsp3) is 0.286. The molecule has 1 aromatic heterocycles. The van der Waals surface area contributed by atoms with Crippen LogP contribution in [0.1, 0.15) is 12.0 Å². The third-order valence-corrected chi connectivity index (χ3v) is 4.95. The highest BCUT2D eigenvalue weighted by Crippen LogP contribution is 2.23. The van der Waals surface area contributed by atoms with Crippen LogP contribution in [0.15, 0.2) is 54.9 Å². The number of hydrogen-bond acceptors (Lipinski definition) is 6. The Kier molecular flexibility index (Phi) is 4.83. The van der Waals surface area contributed by atoms with Crippen molar-refractivity contribution < 1.29 is 14.6 Å². The summed E-state index contributed by atoms with van der Waals surface area (Å²) >= 11 is 0. The van der Waals surface area contributed by atoms with Gasteiger partial charge in [0.1, 0.15) is 6.04 Å². The summed E-state index contributed by atoms with van der Waals surface area (Å²) in [6.07, 6.45) is 3.42. The number of aliphatic hydroxyl groups excluding tert-OH is 1. The Labute approximate surface area is 157 Å². The van der Waals surface area contributed by atoms with Gasteiger partial charge in [0.15, 0.2) is 5.82 Å². The highest BCUT2D eigenvalue weighted by Gasteiger charge is 2.36. The van der Waals surface area contributed by atoms with Crippen LogP contribution in [0.25, 0.3) is 22.2 Å². The van der Waals surface area contributed by atoms with Gasteiger partial charge in [0, 0.05) is 43.0 Å². The van der Waals surface area contributed by atoms with Crippen molar-refractivity contribution in [3.05, 3.63) is 60.4 Å². The van der Waals surface area contributed by atoms with Gasteiger partial charge < -0.3 is 9.84 Å². The quantitative estimate of drug-likeness (QED) is 0.718. The zero-order valence-electron chi connectivity index (χ0n) is 15.1. The molecule has 0 spiro atoms. The van der Waals surface area contributed by atoms with E-state index in [0.29, 0.717) is 25.3 Å². The van der Waals surface area contributed by atoms with E-state index in [4.69, 9.17) is 4.74 Å². The lowest BCUT2D eigenvalue weighted by molar-refractivity contribution is -0.146. The summed E-state index contributed by atoms with van der Waals surface area (Å²) in [7, 11) is 1.37. The van der Waals surface area contributed by atoms with E-state index in [9.17, 15) is 9.90 Å². The minimum absolute atomic E-state index is 0.319. The molecular weight excluding hydrogens is 342 g/mol. The first kappa shape index (κ1) is 17.6. The fourth-order valence-corrected chi connectivity index (χ4v) is 3.58. The summed E-state index contributed by atoms with van der Waals surface area (Å²) in [4.78, 5) is 22.8. The SMILES string of the molecule is COC(=O)[C@@H]1C[C@@H](O)CN1Cc1cnc(-c2ccc3ccccc3c2)nc1. The smallest absolute Gasteiger partial charge is 0.323 e. The highest BCUT2D eigenvalue weighted by atomic mass is 16.5. The number of ether oxygens (including phenoxy) is 1. The van der Waals surface area contributed by atoms with Crippen molar-refractivity contribution >= 4 is 16.7 Å². The van der Waals surface area contributed by atoms with E-state index in [1.54, 1.807) is 12.4 Å². The lowest BCUT2D eigenvalue weighted by atomic mass is 10.1. The molecule has 2 atom stereocenters. The average molecular weight is 363 g/mol. The van der Waals surface area contributed by atoms with Crippen LogP contribution in [0.3, 0.4) is 0 Å². The van der Waals surface area contributed by atoms with Crippen LogP contribution in [0.2, 0.25) is 0 Å². The van der Waals surface area contributed by atoms with Crippen molar-refractivity contribution in [1.29, 1.82) is 0 Å². The number of aliphatic hydroxyl groups is 1. The predicted molar refractivity (Wildman–Crippen MR) is 102 cm³/mol. The van der Waals surface area contributed by atoms with Gasteiger partial charge in [-0.3, -0.25) is 9.69 Å². The number of esters is 1. The number of benzene rings is 2. The lowest BCUT2D eigenvalue weighted by Crippen LogP contribution is -2.36. The molecule has 27 heavy (non-hydrogen) atoms. The highest BCUT2D eigenvalue weighted by molar-refractivity contribution is 5.86. The van der Waals surface area contributed by atoms with E-state index in [1.165, 1.54) is 12.5 Å². The standard InChI is InChI=1S/C21H21N3O3/c1-27-21(26)19-9-18(25)13-24(19)12-14-10-22-20(23-11-14)17-7-6-15-4-2-3-5-16(15)8-17/h2-8,10-11,18-19,25H,9,12-13H2,1H3/t18-,19+/m1/s1. The molecule has 1 aliphatic rings. The lowest BCUT2D eigenvalue weighted by Gasteiger charge is -2.21. The van der Waals surface area contributed by atoms with Crippen molar-refractivity contribution in [3.63, 3.8) is 0 Å². The van der Waals surface area contributed by atoms with Crippen molar-refractivity contribution in [2.75, 3.05) is 13.7 Å². The predicted octanol–water partition coefficient (Wildman–Crippen LogP) is 2.40. The van der Waals surface area contributed by atoms with Crippen LogP contribution in [0.4, 0.5) is 0 Å². The van der Waals surface area contributed by atoms with E-state index in [-0.39, 0.29) is 5.97 Å². The van der Waals surface area contributed by atoms with Crippen LogP contribution < -0.4 is 0 Å².